The first-order valence-corrected chi connectivity index (χ1v) is 17.5. The van der Waals surface area contributed by atoms with Crippen LogP contribution in [0.5, 0.6) is 11.6 Å². The van der Waals surface area contributed by atoms with Crippen molar-refractivity contribution in [3.05, 3.63) is 48.7 Å². The summed E-state index contributed by atoms with van der Waals surface area (Å²) in [5.41, 5.74) is 2.76. The number of hydrogen-bond donors (Lipinski definition) is 1. The lowest BCUT2D eigenvalue weighted by atomic mass is 9.89. The number of morpholine rings is 1. The molecule has 2 aliphatic heterocycles. The van der Waals surface area contributed by atoms with Gasteiger partial charge >= 0.3 is 0 Å². The van der Waals surface area contributed by atoms with Crippen molar-refractivity contribution in [3.63, 3.8) is 0 Å². The van der Waals surface area contributed by atoms with Gasteiger partial charge in [0.05, 0.1) is 50.8 Å². The molecule has 7 rings (SSSR count). The van der Waals surface area contributed by atoms with Crippen molar-refractivity contribution < 1.29 is 18.9 Å². The maximum absolute atomic E-state index is 9.69. The Morgan fingerprint density at radius 2 is 1.72 bits per heavy atom. The number of nitrogens with zero attached hydrogens (tertiary/aromatic N) is 10. The summed E-state index contributed by atoms with van der Waals surface area (Å²) in [5.74, 6) is 1.63. The number of fused-ring (bicyclic) bond motifs is 2. The van der Waals surface area contributed by atoms with Gasteiger partial charge in [0.2, 0.25) is 5.95 Å². The van der Waals surface area contributed by atoms with Gasteiger partial charge in [-0.25, -0.2) is 14.6 Å². The second-order valence-corrected chi connectivity index (χ2v) is 13.7. The van der Waals surface area contributed by atoms with Crippen LogP contribution in [-0.2, 0) is 16.0 Å². The van der Waals surface area contributed by atoms with E-state index in [0.717, 1.165) is 55.7 Å². The maximum Gasteiger partial charge on any atom is 0.256 e. The highest BCUT2D eigenvalue weighted by molar-refractivity contribution is 5.67. The molecule has 0 radical (unpaired) electrons. The first-order valence-electron chi connectivity index (χ1n) is 17.5. The van der Waals surface area contributed by atoms with E-state index in [2.05, 4.69) is 53.4 Å². The summed E-state index contributed by atoms with van der Waals surface area (Å²) in [5, 5.41) is 29.2. The molecule has 2 unspecified atom stereocenters. The molecule has 4 aromatic rings. The predicted molar refractivity (Wildman–Crippen MR) is 183 cm³/mol. The lowest BCUT2D eigenvalue weighted by molar-refractivity contribution is -0.0458. The van der Waals surface area contributed by atoms with Crippen molar-refractivity contribution in [1.29, 1.82) is 5.26 Å². The average Bonchev–Trinajstić information content (AvgIpc) is 3.85. The van der Waals surface area contributed by atoms with Crippen molar-refractivity contribution in [2.45, 2.75) is 89.2 Å². The van der Waals surface area contributed by atoms with Gasteiger partial charge in [-0.15, -0.1) is 10.2 Å². The molecule has 1 aliphatic carbocycles. The van der Waals surface area contributed by atoms with Crippen LogP contribution < -0.4 is 14.8 Å². The largest absolute Gasteiger partial charge is 0.487 e. The Balaban J connectivity index is 1.04. The summed E-state index contributed by atoms with van der Waals surface area (Å²) in [6.07, 6.45) is 13.8. The van der Waals surface area contributed by atoms with Crippen LogP contribution in [0, 0.1) is 17.2 Å². The first-order chi connectivity index (χ1) is 24.5. The molecule has 15 nitrogen and oxygen atoms in total. The lowest BCUT2D eigenvalue weighted by Gasteiger charge is -2.43. The molecule has 1 saturated carbocycles. The number of rotatable bonds is 14. The summed E-state index contributed by atoms with van der Waals surface area (Å²) in [4.78, 5) is 12.0. The second-order valence-electron chi connectivity index (χ2n) is 13.7. The minimum atomic E-state index is -0.270. The maximum atomic E-state index is 9.69. The standard InChI is InChI=1S/C35H45N11O4/c1-23(18-47-3)19-49-34-32(17-45(41-34)28-6-8-29(9-7-28)46-30-10-11-31(46)21-48-20-30)40-35-37-14-27(15-38-35)25-4-5-26(13-36)33(12-25)50-24(2)16-44-22-39-42-43-44/h4-5,12,14-15,17,22-24,28-31H,6-11,16,18-21H2,1-3H3,(H,37,38,40)/t23?,24?,28?,29?,30-,31+. The van der Waals surface area contributed by atoms with Crippen molar-refractivity contribution >= 4 is 11.6 Å². The number of methoxy groups -OCH3 is 1. The average molecular weight is 684 g/mol. The minimum Gasteiger partial charge on any atom is -0.487 e. The van der Waals surface area contributed by atoms with E-state index in [9.17, 15) is 5.26 Å². The van der Waals surface area contributed by atoms with Gasteiger partial charge in [-0.2, -0.15) is 5.26 Å². The molecule has 2 saturated heterocycles. The summed E-state index contributed by atoms with van der Waals surface area (Å²) in [6, 6.07) is 9.72. The van der Waals surface area contributed by atoms with Crippen LogP contribution in [0.1, 0.15) is 64.0 Å². The molecular formula is C35H45N11O4. The minimum absolute atomic E-state index is 0.205. The zero-order valence-electron chi connectivity index (χ0n) is 28.9. The Hall–Kier alpha value is -4.65. The fourth-order valence-corrected chi connectivity index (χ4v) is 7.52. The SMILES string of the molecule is COCC(C)COc1nn(C2CCC(N3[C@@H]4CC[C@H]3COC4)CC2)cc1Nc1ncc(-c2ccc(C#N)c(OC(C)Cn3cnnn3)c2)cn1. The van der Waals surface area contributed by atoms with Crippen LogP contribution in [0.15, 0.2) is 43.1 Å². The van der Waals surface area contributed by atoms with Crippen molar-refractivity contribution in [1.82, 2.24) is 44.9 Å². The Labute approximate surface area is 291 Å². The van der Waals surface area contributed by atoms with Gasteiger partial charge in [-0.1, -0.05) is 13.0 Å². The number of ether oxygens (including phenoxy) is 4. The summed E-state index contributed by atoms with van der Waals surface area (Å²) >= 11 is 0. The molecule has 0 amide bonds. The molecule has 50 heavy (non-hydrogen) atoms. The zero-order valence-corrected chi connectivity index (χ0v) is 28.9. The van der Waals surface area contributed by atoms with Gasteiger partial charge in [-0.05, 0) is 73.6 Å². The molecule has 3 aliphatic rings. The number of aromatic nitrogens is 8. The Bertz CT molecular complexity index is 1720. The Morgan fingerprint density at radius 1 is 0.980 bits per heavy atom. The molecule has 3 fully saturated rings. The molecule has 1 N–H and O–H groups in total. The van der Waals surface area contributed by atoms with E-state index in [4.69, 9.17) is 24.0 Å². The van der Waals surface area contributed by atoms with E-state index in [1.807, 2.05) is 25.3 Å². The normalized spacial score (nSPS) is 23.2. The van der Waals surface area contributed by atoms with Gasteiger partial charge in [0, 0.05) is 49.1 Å². The van der Waals surface area contributed by atoms with Crippen molar-refractivity contribution in [2.75, 3.05) is 38.9 Å². The van der Waals surface area contributed by atoms with Crippen LogP contribution in [0.3, 0.4) is 0 Å². The molecule has 3 aromatic heterocycles. The topological polar surface area (TPSA) is 163 Å². The van der Waals surface area contributed by atoms with E-state index < -0.39 is 0 Å². The molecule has 264 valence electrons. The third-order valence-corrected chi connectivity index (χ3v) is 9.91. The molecule has 5 heterocycles. The monoisotopic (exact) mass is 683 g/mol. The Morgan fingerprint density at radius 3 is 2.42 bits per heavy atom. The number of hydrogen-bond acceptors (Lipinski definition) is 13. The third-order valence-electron chi connectivity index (χ3n) is 9.91. The predicted octanol–water partition coefficient (Wildman–Crippen LogP) is 4.42. The zero-order chi connectivity index (χ0) is 34.5. The summed E-state index contributed by atoms with van der Waals surface area (Å²) in [7, 11) is 1.70. The van der Waals surface area contributed by atoms with Crippen molar-refractivity contribution in [2.24, 2.45) is 5.92 Å². The van der Waals surface area contributed by atoms with Gasteiger partial charge in [-0.3, -0.25) is 9.58 Å². The molecule has 2 bridgehead atoms. The van der Waals surface area contributed by atoms with E-state index in [0.29, 0.717) is 67.1 Å². The lowest BCUT2D eigenvalue weighted by Crippen LogP contribution is -2.52. The van der Waals surface area contributed by atoms with E-state index in [1.54, 1.807) is 30.3 Å². The van der Waals surface area contributed by atoms with Crippen LogP contribution in [0.25, 0.3) is 11.1 Å². The highest BCUT2D eigenvalue weighted by Crippen LogP contribution is 2.39. The Kier molecular flexibility index (Phi) is 10.5. The molecular weight excluding hydrogens is 638 g/mol. The molecule has 15 heteroatoms. The number of nitriles is 1. The van der Waals surface area contributed by atoms with E-state index in [-0.39, 0.29) is 12.0 Å². The van der Waals surface area contributed by atoms with Gasteiger partial charge < -0.3 is 24.3 Å². The van der Waals surface area contributed by atoms with Crippen LogP contribution in [-0.4, -0.2) is 103 Å². The van der Waals surface area contributed by atoms with Gasteiger partial charge in [0.15, 0.2) is 0 Å². The number of nitrogens with one attached hydrogen (secondary N) is 1. The van der Waals surface area contributed by atoms with Crippen molar-refractivity contribution in [3.8, 4) is 28.8 Å². The number of benzene rings is 1. The fourth-order valence-electron chi connectivity index (χ4n) is 7.52. The van der Waals surface area contributed by atoms with Crippen LogP contribution in [0.4, 0.5) is 11.6 Å². The number of anilines is 2. The van der Waals surface area contributed by atoms with E-state index >= 15 is 0 Å². The van der Waals surface area contributed by atoms with Gasteiger partial charge in [0.1, 0.15) is 29.9 Å². The fraction of sp³-hybridized carbons (Fsp3) is 0.571. The molecule has 1 aromatic carbocycles. The highest BCUT2D eigenvalue weighted by atomic mass is 16.5. The van der Waals surface area contributed by atoms with Gasteiger partial charge in [0.25, 0.3) is 5.88 Å². The molecule has 0 spiro atoms. The second kappa shape index (κ2) is 15.5. The molecule has 4 atom stereocenters. The third kappa shape index (κ3) is 7.72. The quantitative estimate of drug-likeness (QED) is 0.199. The van der Waals surface area contributed by atoms with E-state index in [1.165, 1.54) is 19.2 Å². The van der Waals surface area contributed by atoms with Crippen LogP contribution >= 0.6 is 0 Å². The highest BCUT2D eigenvalue weighted by Gasteiger charge is 2.42. The first kappa shape index (κ1) is 33.8. The number of tetrazole rings is 1. The summed E-state index contributed by atoms with van der Waals surface area (Å²) in [6.45, 7) is 7.26. The summed E-state index contributed by atoms with van der Waals surface area (Å²) < 4.78 is 27.2. The smallest absolute Gasteiger partial charge is 0.256 e. The van der Waals surface area contributed by atoms with Crippen LogP contribution in [0.2, 0.25) is 0 Å².